The molecular weight excluding hydrogens is 320 g/mol. The summed E-state index contributed by atoms with van der Waals surface area (Å²) in [6, 6.07) is 10.0. The van der Waals surface area contributed by atoms with Gasteiger partial charge < -0.3 is 9.42 Å². The monoisotopic (exact) mass is 340 g/mol. The molecule has 0 saturated carbocycles. The van der Waals surface area contributed by atoms with Gasteiger partial charge in [-0.05, 0) is 43.7 Å². The quantitative estimate of drug-likeness (QED) is 0.787. The van der Waals surface area contributed by atoms with Crippen LogP contribution in [-0.2, 0) is 0 Å². The average Bonchev–Trinajstić information content (AvgIpc) is 3.20. The van der Waals surface area contributed by atoms with Gasteiger partial charge in [0.15, 0.2) is 0 Å². The zero-order valence-electron chi connectivity index (χ0n) is 13.6. The first-order chi connectivity index (χ1) is 11.7. The summed E-state index contributed by atoms with van der Waals surface area (Å²) in [7, 11) is 0. The maximum atomic E-state index is 13.0. The number of nitrogens with zero attached hydrogens (tertiary/aromatic N) is 2. The van der Waals surface area contributed by atoms with Crippen molar-refractivity contribution in [3.8, 4) is 0 Å². The summed E-state index contributed by atoms with van der Waals surface area (Å²) in [4.78, 5) is 16.8. The van der Waals surface area contributed by atoms with Gasteiger partial charge in [-0.25, -0.2) is 0 Å². The highest BCUT2D eigenvalue weighted by Crippen LogP contribution is 2.37. The van der Waals surface area contributed by atoms with Crippen LogP contribution in [0.3, 0.4) is 0 Å². The molecule has 2 aromatic rings. The molecule has 2 atom stereocenters. The SMILES string of the molecule is Cc1noc(C(=O)N2C[C@H]3CC=CC[C@H]3C2)c1Sc1ccccc1. The highest BCUT2D eigenvalue weighted by Gasteiger charge is 2.37. The Hall–Kier alpha value is -2.01. The third-order valence-electron chi connectivity index (χ3n) is 4.87. The molecule has 1 saturated heterocycles. The van der Waals surface area contributed by atoms with E-state index in [0.29, 0.717) is 17.6 Å². The van der Waals surface area contributed by atoms with E-state index in [0.717, 1.165) is 41.4 Å². The molecule has 0 radical (unpaired) electrons. The van der Waals surface area contributed by atoms with Crippen LogP contribution in [0.25, 0.3) is 0 Å². The molecule has 1 aromatic heterocycles. The molecule has 4 nitrogen and oxygen atoms in total. The minimum absolute atomic E-state index is 0.0246. The Balaban J connectivity index is 1.55. The largest absolute Gasteiger partial charge is 0.349 e. The van der Waals surface area contributed by atoms with Gasteiger partial charge in [-0.1, -0.05) is 47.3 Å². The van der Waals surface area contributed by atoms with Crippen molar-refractivity contribution in [2.75, 3.05) is 13.1 Å². The molecular formula is C19H20N2O2S. The van der Waals surface area contributed by atoms with Crippen molar-refractivity contribution in [3.63, 3.8) is 0 Å². The molecule has 1 aliphatic heterocycles. The second kappa shape index (κ2) is 6.48. The third-order valence-corrected chi connectivity index (χ3v) is 6.07. The predicted octanol–water partition coefficient (Wildman–Crippen LogP) is 4.17. The van der Waals surface area contributed by atoms with Crippen molar-refractivity contribution in [1.29, 1.82) is 0 Å². The summed E-state index contributed by atoms with van der Waals surface area (Å²) in [5.41, 5.74) is 0.769. The highest BCUT2D eigenvalue weighted by atomic mass is 32.2. The lowest BCUT2D eigenvalue weighted by atomic mass is 9.86. The third kappa shape index (κ3) is 2.88. The molecule has 2 aliphatic rings. The van der Waals surface area contributed by atoms with Gasteiger partial charge in [0.25, 0.3) is 5.91 Å². The van der Waals surface area contributed by atoms with Crippen LogP contribution in [0.1, 0.15) is 29.1 Å². The number of rotatable bonds is 3. The lowest BCUT2D eigenvalue weighted by Gasteiger charge is -2.17. The molecule has 124 valence electrons. The van der Waals surface area contributed by atoms with Crippen LogP contribution in [0, 0.1) is 18.8 Å². The van der Waals surface area contributed by atoms with Gasteiger partial charge in [0, 0.05) is 18.0 Å². The number of amides is 1. The van der Waals surface area contributed by atoms with Gasteiger partial charge in [-0.2, -0.15) is 0 Å². The van der Waals surface area contributed by atoms with Crippen LogP contribution in [0.4, 0.5) is 0 Å². The number of fused-ring (bicyclic) bond motifs is 1. The molecule has 1 aromatic carbocycles. The van der Waals surface area contributed by atoms with Gasteiger partial charge in [0.05, 0.1) is 10.6 Å². The second-order valence-electron chi connectivity index (χ2n) is 6.51. The number of hydrogen-bond acceptors (Lipinski definition) is 4. The number of aromatic nitrogens is 1. The smallest absolute Gasteiger partial charge is 0.293 e. The Morgan fingerprint density at radius 1 is 1.17 bits per heavy atom. The first-order valence-electron chi connectivity index (χ1n) is 8.36. The normalized spacial score (nSPS) is 22.6. The molecule has 0 spiro atoms. The van der Waals surface area contributed by atoms with Gasteiger partial charge in [0.2, 0.25) is 5.76 Å². The first-order valence-corrected chi connectivity index (χ1v) is 9.17. The summed E-state index contributed by atoms with van der Waals surface area (Å²) in [5, 5.41) is 4.04. The number of carbonyl (C=O) groups is 1. The topological polar surface area (TPSA) is 46.3 Å². The Bertz CT molecular complexity index is 753. The van der Waals surface area contributed by atoms with Crippen molar-refractivity contribution < 1.29 is 9.32 Å². The molecule has 1 aliphatic carbocycles. The summed E-state index contributed by atoms with van der Waals surface area (Å²) in [5.74, 6) is 1.54. The standard InChI is InChI=1S/C19H20N2O2S/c1-13-18(24-16-9-3-2-4-10-16)17(23-20-13)19(22)21-11-14-7-5-6-8-15(14)12-21/h2-6,9-10,14-15H,7-8,11-12H2,1H3/t14-,15+. The zero-order valence-corrected chi connectivity index (χ0v) is 14.5. The first kappa shape index (κ1) is 15.5. The van der Waals surface area contributed by atoms with Crippen LogP contribution in [0.15, 0.2) is 56.8 Å². The fraction of sp³-hybridized carbons (Fsp3) is 0.368. The van der Waals surface area contributed by atoms with Crippen molar-refractivity contribution in [1.82, 2.24) is 10.1 Å². The fourth-order valence-electron chi connectivity index (χ4n) is 3.55. The molecule has 2 heterocycles. The number of aryl methyl sites for hydroxylation is 1. The van der Waals surface area contributed by atoms with E-state index in [4.69, 9.17) is 4.52 Å². The number of hydrogen-bond donors (Lipinski definition) is 0. The molecule has 4 rings (SSSR count). The van der Waals surface area contributed by atoms with E-state index < -0.39 is 0 Å². The number of carbonyl (C=O) groups excluding carboxylic acids is 1. The molecule has 0 bridgehead atoms. The maximum absolute atomic E-state index is 13.0. The van der Waals surface area contributed by atoms with Gasteiger partial charge in [-0.3, -0.25) is 4.79 Å². The molecule has 0 N–H and O–H groups in total. The fourth-order valence-corrected chi connectivity index (χ4v) is 4.48. The number of benzene rings is 1. The van der Waals surface area contributed by atoms with Crippen molar-refractivity contribution in [2.45, 2.75) is 29.6 Å². The van der Waals surface area contributed by atoms with Crippen molar-refractivity contribution >= 4 is 17.7 Å². The number of allylic oxidation sites excluding steroid dienone is 2. The molecule has 0 unspecified atom stereocenters. The van der Waals surface area contributed by atoms with Gasteiger partial charge >= 0.3 is 0 Å². The molecule has 24 heavy (non-hydrogen) atoms. The highest BCUT2D eigenvalue weighted by molar-refractivity contribution is 7.99. The molecule has 1 fully saturated rings. The Morgan fingerprint density at radius 2 is 1.83 bits per heavy atom. The minimum atomic E-state index is -0.0246. The number of likely N-dealkylation sites (tertiary alicyclic amines) is 1. The van der Waals surface area contributed by atoms with E-state index in [1.165, 1.54) is 0 Å². The molecule has 5 heteroatoms. The Labute approximate surface area is 145 Å². The van der Waals surface area contributed by atoms with Crippen LogP contribution < -0.4 is 0 Å². The lowest BCUT2D eigenvalue weighted by molar-refractivity contribution is 0.0738. The Kier molecular flexibility index (Phi) is 4.19. The summed E-state index contributed by atoms with van der Waals surface area (Å²) in [6.07, 6.45) is 6.64. The van der Waals surface area contributed by atoms with E-state index >= 15 is 0 Å². The second-order valence-corrected chi connectivity index (χ2v) is 7.60. The maximum Gasteiger partial charge on any atom is 0.293 e. The lowest BCUT2D eigenvalue weighted by Crippen LogP contribution is -2.29. The van der Waals surface area contributed by atoms with Gasteiger partial charge in [-0.15, -0.1) is 0 Å². The Morgan fingerprint density at radius 3 is 2.50 bits per heavy atom. The predicted molar refractivity (Wildman–Crippen MR) is 93.1 cm³/mol. The van der Waals surface area contributed by atoms with E-state index in [9.17, 15) is 4.79 Å². The average molecular weight is 340 g/mol. The summed E-state index contributed by atoms with van der Waals surface area (Å²) >= 11 is 1.54. The zero-order chi connectivity index (χ0) is 16.5. The van der Waals surface area contributed by atoms with Crippen LogP contribution in [-0.4, -0.2) is 29.1 Å². The summed E-state index contributed by atoms with van der Waals surface area (Å²) < 4.78 is 5.42. The van der Waals surface area contributed by atoms with E-state index in [2.05, 4.69) is 17.3 Å². The van der Waals surface area contributed by atoms with Crippen LogP contribution in [0.5, 0.6) is 0 Å². The van der Waals surface area contributed by atoms with Gasteiger partial charge in [0.1, 0.15) is 0 Å². The van der Waals surface area contributed by atoms with Crippen LogP contribution >= 0.6 is 11.8 Å². The minimum Gasteiger partial charge on any atom is -0.349 e. The van der Waals surface area contributed by atoms with Crippen molar-refractivity contribution in [2.24, 2.45) is 11.8 Å². The van der Waals surface area contributed by atoms with E-state index in [1.54, 1.807) is 11.8 Å². The molecule has 1 amide bonds. The van der Waals surface area contributed by atoms with Crippen molar-refractivity contribution in [3.05, 3.63) is 53.9 Å². The van der Waals surface area contributed by atoms with Crippen LogP contribution in [0.2, 0.25) is 0 Å². The van der Waals surface area contributed by atoms with E-state index in [1.807, 2.05) is 42.2 Å². The summed E-state index contributed by atoms with van der Waals surface area (Å²) in [6.45, 7) is 3.53. The van der Waals surface area contributed by atoms with E-state index in [-0.39, 0.29) is 5.91 Å².